The van der Waals surface area contributed by atoms with Gasteiger partial charge in [0, 0.05) is 17.5 Å². The predicted octanol–water partition coefficient (Wildman–Crippen LogP) is 1.47. The van der Waals surface area contributed by atoms with E-state index in [-0.39, 0.29) is 11.5 Å². The number of nitrogens with zero attached hydrogens (tertiary/aromatic N) is 1. The fraction of sp³-hybridized carbons (Fsp3) is 0.0526. The van der Waals surface area contributed by atoms with Gasteiger partial charge < -0.3 is 21.9 Å². The van der Waals surface area contributed by atoms with E-state index >= 15 is 0 Å². The van der Waals surface area contributed by atoms with Gasteiger partial charge in [-0.05, 0) is 29.1 Å². The van der Waals surface area contributed by atoms with E-state index in [9.17, 15) is 14.7 Å². The fourth-order valence-corrected chi connectivity index (χ4v) is 2.52. The minimum Gasteiger partial charge on any atom is -0.383 e. The first-order valence-corrected chi connectivity index (χ1v) is 7.83. The number of nitrogens with two attached hydrogens (primary N) is 2. The number of anilines is 2. The number of carbonyl (C=O) groups is 2. The molecule has 0 saturated carbocycles. The number of aliphatic hydroxyl groups is 1. The predicted molar refractivity (Wildman–Crippen MR) is 99.2 cm³/mol. The summed E-state index contributed by atoms with van der Waals surface area (Å²) in [6.07, 6.45) is 0.145. The number of rotatable bonds is 5. The molecule has 0 spiro atoms. The molecule has 0 fully saturated rings. The Morgan fingerprint density at radius 1 is 1.12 bits per heavy atom. The number of amides is 2. The van der Waals surface area contributed by atoms with E-state index in [4.69, 9.17) is 11.5 Å². The number of fused-ring (bicyclic) bond motifs is 1. The van der Waals surface area contributed by atoms with Gasteiger partial charge in [0.15, 0.2) is 0 Å². The van der Waals surface area contributed by atoms with Gasteiger partial charge in [-0.3, -0.25) is 9.59 Å². The molecule has 1 atom stereocenters. The van der Waals surface area contributed by atoms with Crippen LogP contribution in [0.25, 0.3) is 10.8 Å². The Kier molecular flexibility index (Phi) is 4.81. The number of hydrogen-bond acceptors (Lipinski definition) is 5. The summed E-state index contributed by atoms with van der Waals surface area (Å²) in [7, 11) is 0. The van der Waals surface area contributed by atoms with Crippen molar-refractivity contribution in [2.75, 3.05) is 11.1 Å². The molecule has 2 amide bonds. The first-order valence-electron chi connectivity index (χ1n) is 7.83. The maximum atomic E-state index is 12.2. The van der Waals surface area contributed by atoms with Gasteiger partial charge >= 0.3 is 0 Å². The van der Waals surface area contributed by atoms with Crippen molar-refractivity contribution in [2.45, 2.75) is 6.10 Å². The summed E-state index contributed by atoms with van der Waals surface area (Å²) in [5.74, 6) is -1.12. The highest BCUT2D eigenvalue weighted by Crippen LogP contribution is 2.24. The molecule has 131 valence electrons. The topological polar surface area (TPSA) is 131 Å². The second-order valence-corrected chi connectivity index (χ2v) is 5.70. The Balaban J connectivity index is 1.78. The van der Waals surface area contributed by atoms with Crippen LogP contribution < -0.4 is 16.8 Å². The third kappa shape index (κ3) is 3.79. The molecule has 1 unspecified atom stereocenters. The van der Waals surface area contributed by atoms with Crippen LogP contribution in [0.1, 0.15) is 16.1 Å². The first kappa shape index (κ1) is 17.4. The Labute approximate surface area is 149 Å². The normalized spacial score (nSPS) is 11.9. The fourth-order valence-electron chi connectivity index (χ4n) is 2.52. The summed E-state index contributed by atoms with van der Waals surface area (Å²) in [5, 5.41) is 13.9. The van der Waals surface area contributed by atoms with Crippen molar-refractivity contribution in [3.63, 3.8) is 0 Å². The van der Waals surface area contributed by atoms with Crippen LogP contribution in [-0.4, -0.2) is 28.0 Å². The minimum absolute atomic E-state index is 0.0691. The molecule has 3 aromatic rings. The van der Waals surface area contributed by atoms with Crippen molar-refractivity contribution in [3.05, 3.63) is 72.3 Å². The lowest BCUT2D eigenvalue weighted by molar-refractivity contribution is -0.122. The average Bonchev–Trinajstić information content (AvgIpc) is 2.62. The molecule has 7 heteroatoms. The summed E-state index contributed by atoms with van der Waals surface area (Å²) < 4.78 is 0. The molecule has 6 N–H and O–H groups in total. The van der Waals surface area contributed by atoms with Crippen molar-refractivity contribution < 1.29 is 14.7 Å². The second-order valence-electron chi connectivity index (χ2n) is 5.70. The molecule has 0 bridgehead atoms. The van der Waals surface area contributed by atoms with Crippen LogP contribution >= 0.6 is 0 Å². The van der Waals surface area contributed by atoms with Crippen LogP contribution in [0.2, 0.25) is 0 Å². The zero-order valence-electron chi connectivity index (χ0n) is 13.7. The zero-order valence-corrected chi connectivity index (χ0v) is 13.7. The van der Waals surface area contributed by atoms with Gasteiger partial charge in [0.25, 0.3) is 11.8 Å². The lowest BCUT2D eigenvalue weighted by Crippen LogP contribution is -2.28. The van der Waals surface area contributed by atoms with E-state index in [1.807, 2.05) is 18.2 Å². The van der Waals surface area contributed by atoms with Gasteiger partial charge in [-0.2, -0.15) is 0 Å². The Hall–Kier alpha value is -3.45. The van der Waals surface area contributed by atoms with E-state index in [1.165, 1.54) is 12.5 Å². The molecule has 7 nitrogen and oxygen atoms in total. The summed E-state index contributed by atoms with van der Waals surface area (Å²) in [6, 6.07) is 15.5. The lowest BCUT2D eigenvalue weighted by atomic mass is 10.1. The molecule has 26 heavy (non-hydrogen) atoms. The number of aliphatic hydroxyl groups excluding tert-OH is 1. The van der Waals surface area contributed by atoms with Crippen LogP contribution in [0.3, 0.4) is 0 Å². The molecule has 1 heterocycles. The third-order valence-electron chi connectivity index (χ3n) is 3.80. The molecule has 1 radical (unpaired) electrons. The summed E-state index contributed by atoms with van der Waals surface area (Å²) >= 11 is 0. The maximum Gasteiger partial charge on any atom is 0.267 e. The van der Waals surface area contributed by atoms with Crippen LogP contribution in [0.5, 0.6) is 0 Å². The summed E-state index contributed by atoms with van der Waals surface area (Å²) in [4.78, 5) is 27.4. The average molecular weight is 349 g/mol. The molecular weight excluding hydrogens is 332 g/mol. The van der Waals surface area contributed by atoms with Crippen molar-refractivity contribution in [1.29, 1.82) is 0 Å². The number of aromatic nitrogens is 1. The van der Waals surface area contributed by atoms with Gasteiger partial charge in [-0.25, -0.2) is 4.98 Å². The van der Waals surface area contributed by atoms with Crippen LogP contribution in [-0.2, 0) is 4.79 Å². The number of benzene rings is 2. The van der Waals surface area contributed by atoms with Gasteiger partial charge in [-0.15, -0.1) is 0 Å². The lowest BCUT2D eigenvalue weighted by Gasteiger charge is -2.12. The highest BCUT2D eigenvalue weighted by atomic mass is 16.3. The molecule has 3 rings (SSSR count). The van der Waals surface area contributed by atoms with Crippen molar-refractivity contribution in [3.8, 4) is 0 Å². The highest BCUT2D eigenvalue weighted by molar-refractivity contribution is 6.02. The van der Waals surface area contributed by atoms with E-state index < -0.39 is 17.9 Å². The first-order chi connectivity index (χ1) is 12.4. The minimum atomic E-state index is -1.30. The monoisotopic (exact) mass is 349 g/mol. The van der Waals surface area contributed by atoms with E-state index in [0.29, 0.717) is 16.5 Å². The zero-order chi connectivity index (χ0) is 18.7. The van der Waals surface area contributed by atoms with Crippen molar-refractivity contribution in [1.82, 2.24) is 4.98 Å². The quantitative estimate of drug-likeness (QED) is 0.554. The number of pyridine rings is 1. The van der Waals surface area contributed by atoms with Gasteiger partial charge in [0.1, 0.15) is 17.6 Å². The third-order valence-corrected chi connectivity index (χ3v) is 3.80. The van der Waals surface area contributed by atoms with Crippen LogP contribution in [0, 0.1) is 6.42 Å². The van der Waals surface area contributed by atoms with Crippen molar-refractivity contribution >= 4 is 34.1 Å². The van der Waals surface area contributed by atoms with Crippen LogP contribution in [0.4, 0.5) is 11.5 Å². The van der Waals surface area contributed by atoms with E-state index in [0.717, 1.165) is 5.56 Å². The van der Waals surface area contributed by atoms with Gasteiger partial charge in [-0.1, -0.05) is 36.4 Å². The van der Waals surface area contributed by atoms with Crippen LogP contribution in [0.15, 0.2) is 54.6 Å². The SMILES string of the molecule is NC(=O)c1cc2ccc(NC(=O)C(O)[CH]c3ccccc3)cc2c(N)n1. The molecule has 1 aromatic heterocycles. The van der Waals surface area contributed by atoms with Crippen molar-refractivity contribution in [2.24, 2.45) is 5.73 Å². The Morgan fingerprint density at radius 3 is 2.54 bits per heavy atom. The number of primary amides is 1. The highest BCUT2D eigenvalue weighted by Gasteiger charge is 2.17. The number of nitrogen functional groups attached to an aromatic ring is 1. The molecule has 0 aliphatic heterocycles. The number of hydrogen-bond donors (Lipinski definition) is 4. The molecular formula is C19H17N4O3. The Morgan fingerprint density at radius 2 is 1.85 bits per heavy atom. The molecule has 0 aliphatic carbocycles. The second kappa shape index (κ2) is 7.20. The number of carbonyl (C=O) groups excluding carboxylic acids is 2. The smallest absolute Gasteiger partial charge is 0.267 e. The van der Waals surface area contributed by atoms with E-state index in [2.05, 4.69) is 10.3 Å². The maximum absolute atomic E-state index is 12.2. The van der Waals surface area contributed by atoms with Gasteiger partial charge in [0.05, 0.1) is 0 Å². The number of nitrogens with one attached hydrogen (secondary N) is 1. The van der Waals surface area contributed by atoms with E-state index in [1.54, 1.807) is 30.3 Å². The molecule has 2 aromatic carbocycles. The standard InChI is InChI=1S/C19H17N4O3/c20-17-14-10-13(7-6-12(14)9-15(23-17)18(21)25)22-19(26)16(24)8-11-4-2-1-3-5-11/h1-10,16,24H,(H2,20,23)(H2,21,25)(H,22,26). The largest absolute Gasteiger partial charge is 0.383 e. The molecule has 0 saturated heterocycles. The van der Waals surface area contributed by atoms with Gasteiger partial charge in [0.2, 0.25) is 0 Å². The Bertz CT molecular complexity index is 973. The summed E-state index contributed by atoms with van der Waals surface area (Å²) in [5.41, 5.74) is 12.3. The molecule has 0 aliphatic rings. The summed E-state index contributed by atoms with van der Waals surface area (Å²) in [6.45, 7) is 0.